The first-order chi connectivity index (χ1) is 17.0. The number of hydrogen-bond donors (Lipinski definition) is 0. The highest BCUT2D eigenvalue weighted by atomic mass is 15.3. The van der Waals surface area contributed by atoms with Gasteiger partial charge in [-0.1, -0.05) is 118 Å². The van der Waals surface area contributed by atoms with E-state index in [1.165, 1.54) is 22.3 Å². The van der Waals surface area contributed by atoms with E-state index in [9.17, 15) is 0 Å². The molecule has 0 saturated heterocycles. The van der Waals surface area contributed by atoms with Gasteiger partial charge in [0.15, 0.2) is 5.82 Å². The first-order valence-corrected chi connectivity index (χ1v) is 12.2. The molecule has 0 aliphatic heterocycles. The van der Waals surface area contributed by atoms with Crippen LogP contribution in [-0.2, 0) is 18.3 Å². The number of nitrogens with zero attached hydrogens (tertiary/aromatic N) is 3. The van der Waals surface area contributed by atoms with Gasteiger partial charge in [0.2, 0.25) is 0 Å². The lowest BCUT2D eigenvalue weighted by atomic mass is 9.86. The number of aromatic nitrogens is 3. The fourth-order valence-electron chi connectivity index (χ4n) is 4.38. The Kier molecular flexibility index (Phi) is 6.33. The Bertz CT molecular complexity index is 1380. The van der Waals surface area contributed by atoms with Gasteiger partial charge in [0.25, 0.3) is 0 Å². The van der Waals surface area contributed by atoms with Gasteiger partial charge in [-0.05, 0) is 46.2 Å². The molecule has 0 saturated carbocycles. The van der Waals surface area contributed by atoms with E-state index < -0.39 is 0 Å². The maximum atomic E-state index is 4.63. The van der Waals surface area contributed by atoms with E-state index in [2.05, 4.69) is 133 Å². The zero-order chi connectivity index (χ0) is 24.3. The molecular weight excluding hydrogens is 426 g/mol. The van der Waals surface area contributed by atoms with Crippen molar-refractivity contribution in [2.75, 3.05) is 0 Å². The Morgan fingerprint density at radius 2 is 1.14 bits per heavy atom. The Morgan fingerprint density at radius 3 is 1.77 bits per heavy atom. The van der Waals surface area contributed by atoms with Crippen molar-refractivity contribution in [3.8, 4) is 28.2 Å². The van der Waals surface area contributed by atoms with E-state index in [0.717, 1.165) is 35.7 Å². The summed E-state index contributed by atoms with van der Waals surface area (Å²) in [6.07, 6.45) is 1.72. The third-order valence-electron chi connectivity index (χ3n) is 6.45. The lowest BCUT2D eigenvalue weighted by Gasteiger charge is -2.19. The zero-order valence-corrected chi connectivity index (χ0v) is 20.6. The molecule has 0 bridgehead atoms. The fraction of sp³-hybridized carbons (Fsp3) is 0.188. The summed E-state index contributed by atoms with van der Waals surface area (Å²) < 4.78 is 2.20. The van der Waals surface area contributed by atoms with Crippen LogP contribution in [-0.4, -0.2) is 14.8 Å². The molecule has 5 rings (SSSR count). The van der Waals surface area contributed by atoms with Crippen LogP contribution >= 0.6 is 0 Å². The summed E-state index contributed by atoms with van der Waals surface area (Å²) >= 11 is 0. The highest BCUT2D eigenvalue weighted by Gasteiger charge is 2.18. The van der Waals surface area contributed by atoms with Gasteiger partial charge in [-0.15, -0.1) is 10.2 Å². The molecule has 0 atom stereocenters. The molecular formula is C32H31N3. The molecule has 174 valence electrons. The van der Waals surface area contributed by atoms with E-state index >= 15 is 0 Å². The average molecular weight is 458 g/mol. The maximum absolute atomic E-state index is 4.63. The minimum absolute atomic E-state index is 0.118. The molecule has 0 spiro atoms. The van der Waals surface area contributed by atoms with E-state index in [-0.39, 0.29) is 5.41 Å². The summed E-state index contributed by atoms with van der Waals surface area (Å²) in [5.74, 6) is 1.85. The third kappa shape index (κ3) is 5.09. The summed E-state index contributed by atoms with van der Waals surface area (Å²) in [4.78, 5) is 0. The molecule has 4 aromatic carbocycles. The summed E-state index contributed by atoms with van der Waals surface area (Å²) in [6.45, 7) is 6.71. The summed E-state index contributed by atoms with van der Waals surface area (Å²) in [5.41, 5.74) is 7.37. The summed E-state index contributed by atoms with van der Waals surface area (Å²) in [7, 11) is 0. The quantitative estimate of drug-likeness (QED) is 0.262. The molecule has 0 fully saturated rings. The van der Waals surface area contributed by atoms with Crippen LogP contribution in [0, 0.1) is 0 Å². The van der Waals surface area contributed by atoms with Crippen molar-refractivity contribution in [3.05, 3.63) is 126 Å². The molecule has 0 N–H and O–H groups in total. The van der Waals surface area contributed by atoms with Crippen LogP contribution in [0.5, 0.6) is 0 Å². The average Bonchev–Trinajstić information content (AvgIpc) is 3.32. The molecule has 3 nitrogen and oxygen atoms in total. The molecule has 35 heavy (non-hydrogen) atoms. The van der Waals surface area contributed by atoms with Crippen molar-refractivity contribution in [1.82, 2.24) is 14.8 Å². The number of rotatable bonds is 6. The molecule has 0 radical (unpaired) electrons. The molecule has 0 amide bonds. The van der Waals surface area contributed by atoms with Gasteiger partial charge in [-0.2, -0.15) is 0 Å². The van der Waals surface area contributed by atoms with Crippen LogP contribution in [0.15, 0.2) is 109 Å². The Morgan fingerprint density at radius 1 is 0.571 bits per heavy atom. The molecule has 5 aromatic rings. The highest BCUT2D eigenvalue weighted by Crippen LogP contribution is 2.28. The van der Waals surface area contributed by atoms with Crippen LogP contribution in [0.4, 0.5) is 0 Å². The second kappa shape index (κ2) is 9.71. The smallest absolute Gasteiger partial charge is 0.168 e. The lowest BCUT2D eigenvalue weighted by Crippen LogP contribution is -2.10. The standard InChI is InChI=1S/C32H31N3/c1-32(2,3)28-21-19-27(20-22-28)31-34-33-30(35(31)29-12-8-5-9-13-29)23-16-24-14-17-26(18-15-24)25-10-6-4-7-11-25/h4-15,17-22H,16,23H2,1-3H3. The first kappa shape index (κ1) is 22.8. The Balaban J connectivity index is 1.42. The van der Waals surface area contributed by atoms with Crippen LogP contribution in [0.1, 0.15) is 37.7 Å². The van der Waals surface area contributed by atoms with Crippen molar-refractivity contribution in [2.24, 2.45) is 0 Å². The largest absolute Gasteiger partial charge is 0.279 e. The highest BCUT2D eigenvalue weighted by molar-refractivity contribution is 5.63. The van der Waals surface area contributed by atoms with E-state index in [0.29, 0.717) is 0 Å². The Hall–Kier alpha value is -3.98. The van der Waals surface area contributed by atoms with E-state index in [1.54, 1.807) is 0 Å². The Labute approximate surface area is 208 Å². The first-order valence-electron chi connectivity index (χ1n) is 12.2. The zero-order valence-electron chi connectivity index (χ0n) is 20.6. The van der Waals surface area contributed by atoms with Gasteiger partial charge in [0, 0.05) is 17.7 Å². The monoisotopic (exact) mass is 457 g/mol. The van der Waals surface area contributed by atoms with E-state index in [1.807, 2.05) is 12.1 Å². The lowest BCUT2D eigenvalue weighted by molar-refractivity contribution is 0.590. The van der Waals surface area contributed by atoms with Crippen molar-refractivity contribution in [3.63, 3.8) is 0 Å². The van der Waals surface area contributed by atoms with Gasteiger partial charge < -0.3 is 0 Å². The minimum Gasteiger partial charge on any atom is -0.279 e. The molecule has 3 heteroatoms. The predicted octanol–water partition coefficient (Wildman–Crippen LogP) is 7.68. The second-order valence-corrected chi connectivity index (χ2v) is 10.0. The number of aryl methyl sites for hydroxylation is 2. The van der Waals surface area contributed by atoms with Crippen molar-refractivity contribution >= 4 is 0 Å². The van der Waals surface area contributed by atoms with Crippen LogP contribution < -0.4 is 0 Å². The number of benzene rings is 4. The molecule has 1 aromatic heterocycles. The second-order valence-electron chi connectivity index (χ2n) is 10.0. The van der Waals surface area contributed by atoms with Crippen LogP contribution in [0.3, 0.4) is 0 Å². The number of para-hydroxylation sites is 1. The predicted molar refractivity (Wildman–Crippen MR) is 145 cm³/mol. The normalized spacial score (nSPS) is 11.5. The van der Waals surface area contributed by atoms with Gasteiger partial charge in [0.05, 0.1) is 0 Å². The molecule has 1 heterocycles. The van der Waals surface area contributed by atoms with Crippen molar-refractivity contribution in [2.45, 2.75) is 39.0 Å². The summed E-state index contributed by atoms with van der Waals surface area (Å²) in [5, 5.41) is 9.27. The maximum Gasteiger partial charge on any atom is 0.168 e. The van der Waals surface area contributed by atoms with Crippen molar-refractivity contribution in [1.29, 1.82) is 0 Å². The SMILES string of the molecule is CC(C)(C)c1ccc(-c2nnc(CCc3ccc(-c4ccccc4)cc3)n2-c2ccccc2)cc1. The van der Waals surface area contributed by atoms with Gasteiger partial charge in [-0.3, -0.25) is 4.57 Å². The van der Waals surface area contributed by atoms with E-state index in [4.69, 9.17) is 0 Å². The van der Waals surface area contributed by atoms with Crippen LogP contribution in [0.25, 0.3) is 28.2 Å². The third-order valence-corrected chi connectivity index (χ3v) is 6.45. The topological polar surface area (TPSA) is 30.7 Å². The van der Waals surface area contributed by atoms with Gasteiger partial charge in [-0.25, -0.2) is 0 Å². The molecule has 0 aliphatic carbocycles. The van der Waals surface area contributed by atoms with Crippen molar-refractivity contribution < 1.29 is 0 Å². The molecule has 0 aliphatic rings. The fourth-order valence-corrected chi connectivity index (χ4v) is 4.38. The minimum atomic E-state index is 0.118. The number of hydrogen-bond acceptors (Lipinski definition) is 2. The van der Waals surface area contributed by atoms with Gasteiger partial charge >= 0.3 is 0 Å². The van der Waals surface area contributed by atoms with Crippen LogP contribution in [0.2, 0.25) is 0 Å². The molecule has 0 unspecified atom stereocenters. The van der Waals surface area contributed by atoms with Gasteiger partial charge in [0.1, 0.15) is 5.82 Å². The summed E-state index contributed by atoms with van der Waals surface area (Å²) in [6, 6.07) is 38.5.